The zero-order valence-electron chi connectivity index (χ0n) is 11.1. The molecule has 4 nitrogen and oxygen atoms in total. The van der Waals surface area contributed by atoms with E-state index in [2.05, 4.69) is 10.2 Å². The maximum Gasteiger partial charge on any atom is 0.220 e. The number of nitrogens with two attached hydrogens (primary N) is 1. The summed E-state index contributed by atoms with van der Waals surface area (Å²) in [6.07, 6.45) is 4.02. The second-order valence-corrected chi connectivity index (χ2v) is 6.59. The van der Waals surface area contributed by atoms with Gasteiger partial charge in [-0.3, -0.25) is 9.69 Å². The molecule has 0 aromatic rings. The monoisotopic (exact) mass is 271 g/mol. The van der Waals surface area contributed by atoms with Crippen molar-refractivity contribution >= 4 is 17.7 Å². The van der Waals surface area contributed by atoms with Gasteiger partial charge in [0.25, 0.3) is 0 Å². The largest absolute Gasteiger partial charge is 0.355 e. The molecular weight excluding hydrogens is 246 g/mol. The molecule has 2 atom stereocenters. The molecule has 1 saturated heterocycles. The first-order chi connectivity index (χ1) is 8.75. The van der Waals surface area contributed by atoms with Gasteiger partial charge in [-0.05, 0) is 18.8 Å². The number of rotatable bonds is 5. The van der Waals surface area contributed by atoms with E-state index < -0.39 is 0 Å². The molecular formula is C13H25N3OS. The maximum atomic E-state index is 11.8. The Morgan fingerprint density at radius 3 is 2.78 bits per heavy atom. The Hall–Kier alpha value is -0.260. The summed E-state index contributed by atoms with van der Waals surface area (Å²) >= 11 is 2.02. The van der Waals surface area contributed by atoms with Crippen LogP contribution in [0.5, 0.6) is 0 Å². The number of carbonyl (C=O) groups excluding carboxylic acids is 1. The van der Waals surface area contributed by atoms with E-state index >= 15 is 0 Å². The third kappa shape index (κ3) is 4.44. The van der Waals surface area contributed by atoms with Gasteiger partial charge in [0.15, 0.2) is 0 Å². The summed E-state index contributed by atoms with van der Waals surface area (Å²) in [6.45, 7) is 4.09. The molecule has 0 aromatic carbocycles. The molecule has 2 rings (SSSR count). The number of hydrogen-bond donors (Lipinski definition) is 2. The average Bonchev–Trinajstić information content (AvgIpc) is 2.76. The highest BCUT2D eigenvalue weighted by Gasteiger charge is 2.25. The minimum Gasteiger partial charge on any atom is -0.355 e. The number of thioether (sulfide) groups is 1. The first-order valence-corrected chi connectivity index (χ1v) is 8.23. The Labute approximate surface area is 114 Å². The van der Waals surface area contributed by atoms with Gasteiger partial charge < -0.3 is 11.1 Å². The molecule has 104 valence electrons. The van der Waals surface area contributed by atoms with E-state index in [0.717, 1.165) is 39.0 Å². The molecule has 2 fully saturated rings. The summed E-state index contributed by atoms with van der Waals surface area (Å²) in [5, 5.41) is 3.03. The number of amides is 1. The highest BCUT2D eigenvalue weighted by atomic mass is 32.2. The molecule has 2 aliphatic rings. The van der Waals surface area contributed by atoms with Crippen LogP contribution in [0.3, 0.4) is 0 Å². The van der Waals surface area contributed by atoms with E-state index in [4.69, 9.17) is 5.73 Å². The Kier molecular flexibility index (Phi) is 5.79. The predicted octanol–water partition coefficient (Wildman–Crippen LogP) is 0.669. The maximum absolute atomic E-state index is 11.8. The lowest BCUT2D eigenvalue weighted by Crippen LogP contribution is -2.40. The van der Waals surface area contributed by atoms with Gasteiger partial charge in [-0.1, -0.05) is 6.42 Å². The van der Waals surface area contributed by atoms with Gasteiger partial charge >= 0.3 is 0 Å². The molecule has 3 N–H and O–H groups in total. The Balaban J connectivity index is 1.56. The first-order valence-electron chi connectivity index (χ1n) is 7.08. The van der Waals surface area contributed by atoms with E-state index in [1.807, 2.05) is 11.8 Å². The summed E-state index contributed by atoms with van der Waals surface area (Å²) < 4.78 is 0. The third-order valence-corrected chi connectivity index (χ3v) is 4.96. The van der Waals surface area contributed by atoms with Crippen molar-refractivity contribution in [1.29, 1.82) is 0 Å². The van der Waals surface area contributed by atoms with Crippen molar-refractivity contribution in [3.63, 3.8) is 0 Å². The van der Waals surface area contributed by atoms with Gasteiger partial charge in [-0.25, -0.2) is 0 Å². The van der Waals surface area contributed by atoms with Crippen molar-refractivity contribution in [2.75, 3.05) is 37.7 Å². The van der Waals surface area contributed by atoms with E-state index in [1.165, 1.54) is 17.9 Å². The zero-order chi connectivity index (χ0) is 12.8. The van der Waals surface area contributed by atoms with Crippen LogP contribution in [0.4, 0.5) is 0 Å². The fraction of sp³-hybridized carbons (Fsp3) is 0.923. The van der Waals surface area contributed by atoms with Crippen LogP contribution in [0.25, 0.3) is 0 Å². The Morgan fingerprint density at radius 2 is 2.11 bits per heavy atom. The van der Waals surface area contributed by atoms with Gasteiger partial charge in [-0.2, -0.15) is 11.8 Å². The highest BCUT2D eigenvalue weighted by Crippen LogP contribution is 2.26. The van der Waals surface area contributed by atoms with E-state index in [1.54, 1.807) is 0 Å². The van der Waals surface area contributed by atoms with Crippen molar-refractivity contribution < 1.29 is 4.79 Å². The predicted molar refractivity (Wildman–Crippen MR) is 76.7 cm³/mol. The molecule has 18 heavy (non-hydrogen) atoms. The lowest BCUT2D eigenvalue weighted by Gasteiger charge is -2.26. The quantitative estimate of drug-likeness (QED) is 0.771. The Bertz CT molecular complexity index is 269. The molecule has 1 aliphatic carbocycles. The number of hydrogen-bond acceptors (Lipinski definition) is 4. The van der Waals surface area contributed by atoms with Crippen molar-refractivity contribution in [1.82, 2.24) is 10.2 Å². The number of nitrogens with zero attached hydrogens (tertiary/aromatic N) is 1. The summed E-state index contributed by atoms with van der Waals surface area (Å²) in [4.78, 5) is 14.2. The van der Waals surface area contributed by atoms with Gasteiger partial charge in [0.05, 0.1) is 0 Å². The van der Waals surface area contributed by atoms with Crippen LogP contribution in [0.1, 0.15) is 25.7 Å². The van der Waals surface area contributed by atoms with E-state index in [0.29, 0.717) is 12.3 Å². The molecule has 0 bridgehead atoms. The standard InChI is InChI=1S/C13H25N3OS/c14-12-3-1-2-11(12)10-13(17)15-4-5-16-6-8-18-9-7-16/h11-12H,1-10,14H2,(H,15,17)/t11-,12+/m0/s1. The van der Waals surface area contributed by atoms with Crippen LogP contribution >= 0.6 is 11.8 Å². The van der Waals surface area contributed by atoms with Crippen molar-refractivity contribution in [3.8, 4) is 0 Å². The smallest absolute Gasteiger partial charge is 0.220 e. The second-order valence-electron chi connectivity index (χ2n) is 5.36. The fourth-order valence-electron chi connectivity index (χ4n) is 2.81. The van der Waals surface area contributed by atoms with Crippen LogP contribution < -0.4 is 11.1 Å². The van der Waals surface area contributed by atoms with Crippen molar-refractivity contribution in [2.24, 2.45) is 11.7 Å². The van der Waals surface area contributed by atoms with Crippen molar-refractivity contribution in [2.45, 2.75) is 31.7 Å². The molecule has 5 heteroatoms. The molecule has 1 saturated carbocycles. The summed E-state index contributed by atoms with van der Waals surface area (Å²) in [5.74, 6) is 3.05. The minimum absolute atomic E-state index is 0.184. The average molecular weight is 271 g/mol. The SMILES string of the molecule is N[C@@H]1CCC[C@H]1CC(=O)NCCN1CCSCC1. The zero-order valence-corrected chi connectivity index (χ0v) is 11.9. The fourth-order valence-corrected chi connectivity index (χ4v) is 3.79. The summed E-state index contributed by atoms with van der Waals surface area (Å²) in [5.41, 5.74) is 5.98. The highest BCUT2D eigenvalue weighted by molar-refractivity contribution is 7.99. The molecule has 0 spiro atoms. The lowest BCUT2D eigenvalue weighted by molar-refractivity contribution is -0.122. The normalized spacial score (nSPS) is 29.4. The third-order valence-electron chi connectivity index (χ3n) is 4.02. The molecule has 0 aromatic heterocycles. The van der Waals surface area contributed by atoms with Crippen LogP contribution in [0, 0.1) is 5.92 Å². The lowest BCUT2D eigenvalue weighted by atomic mass is 10.00. The molecule has 0 radical (unpaired) electrons. The van der Waals surface area contributed by atoms with E-state index in [-0.39, 0.29) is 11.9 Å². The molecule has 0 unspecified atom stereocenters. The van der Waals surface area contributed by atoms with Gasteiger partial charge in [-0.15, -0.1) is 0 Å². The molecule has 1 heterocycles. The van der Waals surface area contributed by atoms with Crippen LogP contribution in [0.2, 0.25) is 0 Å². The van der Waals surface area contributed by atoms with Gasteiger partial charge in [0.1, 0.15) is 0 Å². The van der Waals surface area contributed by atoms with Gasteiger partial charge in [0.2, 0.25) is 5.91 Å². The topological polar surface area (TPSA) is 58.4 Å². The van der Waals surface area contributed by atoms with Crippen LogP contribution in [0.15, 0.2) is 0 Å². The van der Waals surface area contributed by atoms with E-state index in [9.17, 15) is 4.79 Å². The second kappa shape index (κ2) is 7.36. The van der Waals surface area contributed by atoms with Crippen molar-refractivity contribution in [3.05, 3.63) is 0 Å². The summed E-state index contributed by atoms with van der Waals surface area (Å²) in [6, 6.07) is 0.245. The van der Waals surface area contributed by atoms with Crippen LogP contribution in [-0.4, -0.2) is 54.5 Å². The van der Waals surface area contributed by atoms with Gasteiger partial charge in [0, 0.05) is 50.1 Å². The molecule has 1 aliphatic heterocycles. The van der Waals surface area contributed by atoms with Crippen LogP contribution in [-0.2, 0) is 4.79 Å². The molecule has 1 amide bonds. The minimum atomic E-state index is 0.184. The Morgan fingerprint density at radius 1 is 1.33 bits per heavy atom. The first kappa shape index (κ1) is 14.2. The summed E-state index contributed by atoms with van der Waals surface area (Å²) in [7, 11) is 0. The number of carbonyl (C=O) groups is 1. The number of nitrogens with one attached hydrogen (secondary N) is 1.